The summed E-state index contributed by atoms with van der Waals surface area (Å²) >= 11 is 0. The molecule has 0 heterocycles. The van der Waals surface area contributed by atoms with E-state index in [4.69, 9.17) is 0 Å². The molecule has 0 nitrogen and oxygen atoms in total. The minimum atomic E-state index is -1.01. The Bertz CT molecular complexity index is 711. The molecule has 0 aromatic heterocycles. The summed E-state index contributed by atoms with van der Waals surface area (Å²) in [7, 11) is 0. The van der Waals surface area contributed by atoms with E-state index in [1.165, 1.54) is 12.1 Å². The fourth-order valence-corrected chi connectivity index (χ4v) is 2.02. The molecule has 18 heavy (non-hydrogen) atoms. The van der Waals surface area contributed by atoms with Crippen LogP contribution >= 0.6 is 0 Å². The maximum absolute atomic E-state index is 13.7. The van der Waals surface area contributed by atoms with Crippen molar-refractivity contribution in [1.29, 1.82) is 0 Å². The van der Waals surface area contributed by atoms with E-state index in [-0.39, 0.29) is 21.5 Å². The largest absolute Gasteiger partial charge is 0.206 e. The quantitative estimate of drug-likeness (QED) is 0.414. The maximum atomic E-state index is 13.7. The van der Waals surface area contributed by atoms with Crippen LogP contribution in [-0.4, -0.2) is 0 Å². The molecule has 3 aromatic carbocycles. The number of hydrogen-bond acceptors (Lipinski definition) is 0. The van der Waals surface area contributed by atoms with Gasteiger partial charge >= 0.3 is 0 Å². The third-order valence-electron chi connectivity index (χ3n) is 2.71. The number of hydrogen-bond donors (Lipinski definition) is 0. The molecule has 3 rings (SSSR count). The molecule has 0 saturated heterocycles. The Morgan fingerprint density at radius 1 is 0.778 bits per heavy atom. The smallest absolute Gasteiger partial charge is 0.142 e. The first kappa shape index (κ1) is 11.0. The zero-order chi connectivity index (χ0) is 12.9. The molecule has 2 radical (unpaired) electrons. The minimum absolute atomic E-state index is 0.0962. The molecule has 0 spiro atoms. The molecule has 88 valence electrons. The summed E-state index contributed by atoms with van der Waals surface area (Å²) in [5.74, 6) is -3.66. The highest BCUT2D eigenvalue weighted by molar-refractivity contribution is 6.07. The molecular formula is C14H4F4. The Balaban J connectivity index is 2.61. The van der Waals surface area contributed by atoms with Gasteiger partial charge in [-0.2, -0.15) is 0 Å². The van der Waals surface area contributed by atoms with E-state index in [1.807, 2.05) is 6.07 Å². The summed E-state index contributed by atoms with van der Waals surface area (Å²) < 4.78 is 53.4. The van der Waals surface area contributed by atoms with Crippen LogP contribution in [-0.2, 0) is 0 Å². The van der Waals surface area contributed by atoms with Crippen molar-refractivity contribution in [2.24, 2.45) is 0 Å². The molecule has 0 atom stereocenters. The van der Waals surface area contributed by atoms with Gasteiger partial charge in [0.1, 0.15) is 23.3 Å². The molecule has 0 aliphatic carbocycles. The monoisotopic (exact) mass is 248 g/mol. The highest BCUT2D eigenvalue weighted by atomic mass is 19.1. The second kappa shape index (κ2) is 3.70. The van der Waals surface area contributed by atoms with Crippen LogP contribution in [0.25, 0.3) is 21.5 Å². The van der Waals surface area contributed by atoms with Crippen LogP contribution in [0.3, 0.4) is 0 Å². The van der Waals surface area contributed by atoms with Gasteiger partial charge in [-0.05, 0) is 16.8 Å². The molecule has 3 aromatic rings. The van der Waals surface area contributed by atoms with Gasteiger partial charge in [-0.1, -0.05) is 12.1 Å². The van der Waals surface area contributed by atoms with Crippen molar-refractivity contribution in [3.8, 4) is 0 Å². The fourth-order valence-electron chi connectivity index (χ4n) is 2.02. The standard InChI is InChI=1S/C14H4F4/c15-9-3-7-1-2-8-4-10(16)6-12(18)14(8)13(7)11(17)5-9/h1-3,6H. The summed E-state index contributed by atoms with van der Waals surface area (Å²) in [5.41, 5.74) is 0. The normalized spacial score (nSPS) is 11.3. The number of halogens is 4. The fraction of sp³-hybridized carbons (Fsp3) is 0. The average Bonchev–Trinajstić information content (AvgIpc) is 2.28. The first-order valence-electron chi connectivity index (χ1n) is 5.07. The number of benzene rings is 3. The summed E-state index contributed by atoms with van der Waals surface area (Å²) in [6.07, 6.45) is 0. The predicted molar refractivity (Wildman–Crippen MR) is 59.0 cm³/mol. The lowest BCUT2D eigenvalue weighted by molar-refractivity contribution is 0.584. The lowest BCUT2D eigenvalue weighted by Gasteiger charge is -2.06. The van der Waals surface area contributed by atoms with Crippen molar-refractivity contribution < 1.29 is 17.6 Å². The van der Waals surface area contributed by atoms with Gasteiger partial charge < -0.3 is 0 Å². The zero-order valence-corrected chi connectivity index (χ0v) is 8.82. The van der Waals surface area contributed by atoms with Crippen LogP contribution in [0.5, 0.6) is 0 Å². The third-order valence-corrected chi connectivity index (χ3v) is 2.71. The molecule has 4 heteroatoms. The highest BCUT2D eigenvalue weighted by Crippen LogP contribution is 2.30. The average molecular weight is 248 g/mol. The van der Waals surface area contributed by atoms with Crippen molar-refractivity contribution in [1.82, 2.24) is 0 Å². The Labute approximate surface area is 99.5 Å². The van der Waals surface area contributed by atoms with Gasteiger partial charge in [0.05, 0.1) is 6.07 Å². The van der Waals surface area contributed by atoms with E-state index >= 15 is 0 Å². The van der Waals surface area contributed by atoms with E-state index in [0.29, 0.717) is 6.07 Å². The Morgan fingerprint density at radius 3 is 2.28 bits per heavy atom. The Hall–Kier alpha value is -2.10. The summed E-state index contributed by atoms with van der Waals surface area (Å²) in [6, 6.07) is 8.53. The lowest BCUT2D eigenvalue weighted by atomic mass is 10.0. The van der Waals surface area contributed by atoms with Crippen molar-refractivity contribution in [2.75, 3.05) is 0 Å². The van der Waals surface area contributed by atoms with Gasteiger partial charge in [-0.3, -0.25) is 0 Å². The van der Waals surface area contributed by atoms with E-state index in [0.717, 1.165) is 6.07 Å². The molecule has 0 bridgehead atoms. The summed E-state index contributed by atoms with van der Waals surface area (Å²) in [6.45, 7) is 0. The van der Waals surface area contributed by atoms with Gasteiger partial charge in [0, 0.05) is 22.9 Å². The molecule has 0 saturated carbocycles. The van der Waals surface area contributed by atoms with Gasteiger partial charge in [-0.25, -0.2) is 17.6 Å². The lowest BCUT2D eigenvalue weighted by Crippen LogP contribution is -1.90. The first-order chi connectivity index (χ1) is 8.56. The molecular weight excluding hydrogens is 244 g/mol. The van der Waals surface area contributed by atoms with Crippen molar-refractivity contribution in [2.45, 2.75) is 0 Å². The number of fused-ring (bicyclic) bond motifs is 3. The minimum Gasteiger partial charge on any atom is -0.206 e. The summed E-state index contributed by atoms with van der Waals surface area (Å²) in [4.78, 5) is 0. The van der Waals surface area contributed by atoms with Crippen LogP contribution in [0.2, 0.25) is 0 Å². The second-order valence-corrected chi connectivity index (χ2v) is 3.85. The molecule has 0 unspecified atom stereocenters. The van der Waals surface area contributed by atoms with Crippen LogP contribution in [0.1, 0.15) is 0 Å². The van der Waals surface area contributed by atoms with Crippen molar-refractivity contribution >= 4 is 21.5 Å². The zero-order valence-electron chi connectivity index (χ0n) is 8.82. The van der Waals surface area contributed by atoms with E-state index in [1.54, 1.807) is 0 Å². The van der Waals surface area contributed by atoms with Crippen LogP contribution in [0, 0.1) is 35.4 Å². The van der Waals surface area contributed by atoms with E-state index in [2.05, 4.69) is 6.07 Å². The SMILES string of the molecule is Fc1[c]c2ccc3cc(F)[c]c(F)c3c2c(F)c1. The van der Waals surface area contributed by atoms with E-state index in [9.17, 15) is 17.6 Å². The van der Waals surface area contributed by atoms with Crippen LogP contribution in [0.15, 0.2) is 24.3 Å². The maximum Gasteiger partial charge on any atom is 0.142 e. The van der Waals surface area contributed by atoms with Crippen LogP contribution in [0.4, 0.5) is 17.6 Å². The highest BCUT2D eigenvalue weighted by Gasteiger charge is 2.13. The number of rotatable bonds is 0. The third kappa shape index (κ3) is 1.53. The molecule has 0 fully saturated rings. The topological polar surface area (TPSA) is 0 Å². The summed E-state index contributed by atoms with van der Waals surface area (Å²) in [5, 5.41) is 0.0411. The molecule has 0 N–H and O–H groups in total. The van der Waals surface area contributed by atoms with Crippen molar-refractivity contribution in [3.63, 3.8) is 0 Å². The first-order valence-corrected chi connectivity index (χ1v) is 5.07. The molecule has 0 aliphatic heterocycles. The second-order valence-electron chi connectivity index (χ2n) is 3.85. The molecule has 0 amide bonds. The van der Waals surface area contributed by atoms with Gasteiger partial charge in [0.15, 0.2) is 0 Å². The van der Waals surface area contributed by atoms with Gasteiger partial charge in [0.2, 0.25) is 0 Å². The Kier molecular flexibility index (Phi) is 2.26. The van der Waals surface area contributed by atoms with Gasteiger partial charge in [0.25, 0.3) is 0 Å². The molecule has 0 aliphatic rings. The Morgan fingerprint density at radius 2 is 1.50 bits per heavy atom. The van der Waals surface area contributed by atoms with E-state index < -0.39 is 23.3 Å². The van der Waals surface area contributed by atoms with Crippen LogP contribution < -0.4 is 0 Å². The van der Waals surface area contributed by atoms with Gasteiger partial charge in [-0.15, -0.1) is 0 Å². The van der Waals surface area contributed by atoms with Crippen molar-refractivity contribution in [3.05, 3.63) is 59.7 Å². The predicted octanol–water partition coefficient (Wildman–Crippen LogP) is 4.15.